The van der Waals surface area contributed by atoms with Crippen molar-refractivity contribution < 1.29 is 27.2 Å². The van der Waals surface area contributed by atoms with Gasteiger partial charge in [0.25, 0.3) is 5.70 Å². The molecule has 0 bridgehead atoms. The fourth-order valence-corrected chi connectivity index (χ4v) is 11.9. The average Bonchev–Trinajstić information content (AvgIpc) is 4.05. The highest BCUT2D eigenvalue weighted by Gasteiger charge is 2.47. The lowest BCUT2D eigenvalue weighted by Crippen LogP contribution is -2.23. The molecule has 10 rings (SSSR count). The highest BCUT2D eigenvalue weighted by Crippen LogP contribution is 2.61. The largest absolute Gasteiger partial charge is 0.287 e. The Kier molecular flexibility index (Phi) is 8.18. The van der Waals surface area contributed by atoms with E-state index in [-0.39, 0.29) is 56.7 Å². The van der Waals surface area contributed by atoms with E-state index < -0.39 is 56.9 Å². The van der Waals surface area contributed by atoms with Crippen molar-refractivity contribution in [1.29, 1.82) is 15.8 Å². The number of thiophene rings is 2. The Morgan fingerprint density at radius 1 is 0.629 bits per heavy atom. The first kappa shape index (κ1) is 38.8. The third-order valence-corrected chi connectivity index (χ3v) is 14.6. The summed E-state index contributed by atoms with van der Waals surface area (Å²) in [6.45, 7) is 15.9. The van der Waals surface area contributed by atoms with Gasteiger partial charge in [0.15, 0.2) is 23.3 Å². The molecule has 0 spiro atoms. The Labute approximate surface area is 358 Å². The lowest BCUT2D eigenvalue weighted by molar-refractivity contribution is 0.106. The maximum atomic E-state index is 14.4. The van der Waals surface area contributed by atoms with E-state index in [4.69, 9.17) is 6.57 Å². The summed E-state index contributed by atoms with van der Waals surface area (Å²) in [7, 11) is 0. The first-order valence-electron chi connectivity index (χ1n) is 19.0. The SMILES string of the molecule is [C-]#[N+]C(C#N)=C1C(=Nc2cc3c(s2)C2=CC4C=C5C(=CC4C=C2C3(C)C)c2sc(N=C3C(=O)c4cc(F)c(F)cc4C3=C(C#N)C#N)cc2C5(C)C)C(=O)c2cc(F)c(F)cc21. The molecule has 6 aliphatic rings. The molecule has 298 valence electrons. The fourth-order valence-electron chi connectivity index (χ4n) is 9.46. The molecular formula is C48H24F4N6O2S2. The number of carbonyl (C=O) groups excluding carboxylic acids is 2. The number of allylic oxidation sites excluding steroid dienone is 12. The molecule has 14 heteroatoms. The van der Waals surface area contributed by atoms with Crippen molar-refractivity contribution in [2.45, 2.75) is 38.5 Å². The van der Waals surface area contributed by atoms with Crippen LogP contribution in [0.3, 0.4) is 0 Å². The molecule has 0 saturated carbocycles. The third-order valence-electron chi connectivity index (χ3n) is 12.5. The van der Waals surface area contributed by atoms with E-state index in [1.807, 2.05) is 12.1 Å². The van der Waals surface area contributed by atoms with Gasteiger partial charge in [0, 0.05) is 60.3 Å². The Balaban J connectivity index is 1.01. The number of benzene rings is 2. The zero-order valence-corrected chi connectivity index (χ0v) is 34.4. The van der Waals surface area contributed by atoms with Gasteiger partial charge in [-0.2, -0.15) is 10.5 Å². The van der Waals surface area contributed by atoms with Crippen molar-refractivity contribution in [3.05, 3.63) is 161 Å². The highest BCUT2D eigenvalue weighted by molar-refractivity contribution is 7.17. The molecule has 0 aliphatic heterocycles. The number of rotatable bonds is 2. The smallest absolute Gasteiger partial charge is 0.271 e. The van der Waals surface area contributed by atoms with Gasteiger partial charge in [-0.25, -0.2) is 37.7 Å². The van der Waals surface area contributed by atoms with Crippen LogP contribution < -0.4 is 0 Å². The van der Waals surface area contributed by atoms with E-state index >= 15 is 0 Å². The molecule has 6 aliphatic carbocycles. The maximum Gasteiger partial charge on any atom is 0.271 e. The van der Waals surface area contributed by atoms with Crippen molar-refractivity contribution in [2.75, 3.05) is 0 Å². The van der Waals surface area contributed by atoms with Crippen LogP contribution in [-0.4, -0.2) is 23.0 Å². The van der Waals surface area contributed by atoms with Crippen molar-refractivity contribution in [1.82, 2.24) is 0 Å². The van der Waals surface area contributed by atoms with Gasteiger partial charge in [-0.05, 0) is 75.4 Å². The first-order chi connectivity index (χ1) is 29.5. The predicted molar refractivity (Wildman–Crippen MR) is 227 cm³/mol. The second-order valence-electron chi connectivity index (χ2n) is 16.5. The van der Waals surface area contributed by atoms with E-state index in [1.54, 1.807) is 18.2 Å². The summed E-state index contributed by atoms with van der Waals surface area (Å²) < 4.78 is 57.3. The number of halogens is 4. The molecule has 0 amide bonds. The summed E-state index contributed by atoms with van der Waals surface area (Å²) in [5.41, 5.74) is 3.16. The second-order valence-corrected chi connectivity index (χ2v) is 18.6. The van der Waals surface area contributed by atoms with Gasteiger partial charge in [0.05, 0.1) is 12.6 Å². The normalized spacial score (nSPS) is 22.4. The van der Waals surface area contributed by atoms with Gasteiger partial charge in [-0.3, -0.25) is 9.59 Å². The van der Waals surface area contributed by atoms with E-state index in [9.17, 15) is 42.9 Å². The molecule has 2 atom stereocenters. The molecule has 8 nitrogen and oxygen atoms in total. The fraction of sp³-hybridized carbons (Fsp3) is 0.167. The van der Waals surface area contributed by atoms with Crippen LogP contribution >= 0.6 is 22.7 Å². The number of fused-ring (bicyclic) bond motifs is 9. The van der Waals surface area contributed by atoms with Crippen molar-refractivity contribution >= 4 is 78.0 Å². The zero-order chi connectivity index (χ0) is 43.9. The van der Waals surface area contributed by atoms with Crippen LogP contribution in [0.2, 0.25) is 0 Å². The van der Waals surface area contributed by atoms with Crippen molar-refractivity contribution in [3.8, 4) is 18.2 Å². The van der Waals surface area contributed by atoms with Gasteiger partial charge in [0.2, 0.25) is 11.6 Å². The molecular weight excluding hydrogens is 833 g/mol. The lowest BCUT2D eigenvalue weighted by Gasteiger charge is -2.33. The van der Waals surface area contributed by atoms with Gasteiger partial charge in [-0.15, -0.1) is 22.7 Å². The van der Waals surface area contributed by atoms with Crippen LogP contribution in [0.5, 0.6) is 0 Å². The lowest BCUT2D eigenvalue weighted by atomic mass is 9.70. The minimum absolute atomic E-state index is 0.0281. The van der Waals surface area contributed by atoms with Crippen LogP contribution in [0.25, 0.3) is 27.1 Å². The molecule has 2 unspecified atom stereocenters. The summed E-state index contributed by atoms with van der Waals surface area (Å²) >= 11 is 2.70. The topological polar surface area (TPSA) is 135 Å². The van der Waals surface area contributed by atoms with Crippen molar-refractivity contribution in [3.63, 3.8) is 0 Å². The quantitative estimate of drug-likeness (QED) is 0.112. The number of hydrogen-bond acceptors (Lipinski definition) is 9. The summed E-state index contributed by atoms with van der Waals surface area (Å²) in [5, 5.41) is 30.1. The van der Waals surface area contributed by atoms with Crippen LogP contribution in [-0.2, 0) is 10.8 Å². The van der Waals surface area contributed by atoms with E-state index in [1.165, 1.54) is 22.7 Å². The first-order valence-corrected chi connectivity index (χ1v) is 20.7. The van der Waals surface area contributed by atoms with E-state index in [2.05, 4.69) is 66.8 Å². The third kappa shape index (κ3) is 5.18. The number of nitriles is 3. The molecule has 0 fully saturated rings. The second kappa shape index (κ2) is 13.1. The molecule has 2 aromatic carbocycles. The average molecular weight is 857 g/mol. The number of carbonyl (C=O) groups is 2. The van der Waals surface area contributed by atoms with Crippen LogP contribution in [0.4, 0.5) is 27.6 Å². The number of Topliss-reactive ketones (excluding diaryl/α,β-unsaturated/α-hetero) is 2. The molecule has 2 aromatic heterocycles. The summed E-state index contributed by atoms with van der Waals surface area (Å²) in [5.74, 6) is -6.36. The minimum Gasteiger partial charge on any atom is -0.287 e. The Bertz CT molecular complexity index is 3130. The van der Waals surface area contributed by atoms with Gasteiger partial charge in [0.1, 0.15) is 39.1 Å². The standard InChI is InChI=1S/C48H24F4N6O2S2/c1-47(2)28-8-20-7-27-29(48(3,4)31-15-38(62-46(27)31)58-42-40(36(18-55)56-5)23-11-33(50)35(52)13-25(23)44(42)60)9-19(20)6-26(28)45-30(47)14-37(61-45)57-41-39(21(16-53)17-54)22-10-32(49)34(51)12-24(22)43(41)59/h6-15,19-20H,1-4H3. The van der Waals surface area contributed by atoms with Gasteiger partial charge in [-0.1, -0.05) is 52.0 Å². The predicted octanol–water partition coefficient (Wildman–Crippen LogP) is 11.4. The molecule has 4 aromatic rings. The highest BCUT2D eigenvalue weighted by atomic mass is 32.1. The molecule has 2 heterocycles. The van der Waals surface area contributed by atoms with Crippen molar-refractivity contribution in [2.24, 2.45) is 21.8 Å². The summed E-state index contributed by atoms with van der Waals surface area (Å²) in [6.07, 6.45) is 9.02. The molecule has 0 radical (unpaired) electrons. The summed E-state index contributed by atoms with van der Waals surface area (Å²) in [4.78, 5) is 41.6. The van der Waals surface area contributed by atoms with Crippen LogP contribution in [0.1, 0.15) is 80.4 Å². The maximum absolute atomic E-state index is 14.4. The monoisotopic (exact) mass is 856 g/mol. The molecule has 0 N–H and O–H groups in total. The summed E-state index contributed by atoms with van der Waals surface area (Å²) in [6, 6.07) is 12.2. The van der Waals surface area contributed by atoms with E-state index in [0.717, 1.165) is 67.4 Å². The number of hydrogen-bond donors (Lipinski definition) is 0. The number of nitrogens with zero attached hydrogens (tertiary/aromatic N) is 6. The Hall–Kier alpha value is -7.36. The van der Waals surface area contributed by atoms with Crippen LogP contribution in [0.15, 0.2) is 93.1 Å². The Morgan fingerprint density at radius 3 is 1.44 bits per heavy atom. The molecule has 0 saturated heterocycles. The number of ketones is 2. The van der Waals surface area contributed by atoms with Gasteiger partial charge >= 0.3 is 0 Å². The Morgan fingerprint density at radius 2 is 1.03 bits per heavy atom. The van der Waals surface area contributed by atoms with Gasteiger partial charge < -0.3 is 0 Å². The zero-order valence-electron chi connectivity index (χ0n) is 32.8. The van der Waals surface area contributed by atoms with Crippen LogP contribution in [0, 0.1) is 75.7 Å². The molecule has 62 heavy (non-hydrogen) atoms. The number of aliphatic imine (C=N–C) groups is 2. The minimum atomic E-state index is -1.23. The van der Waals surface area contributed by atoms with E-state index in [0.29, 0.717) is 10.0 Å².